The Balaban J connectivity index is 1.86. The van der Waals surface area contributed by atoms with Crippen LogP contribution in [0.25, 0.3) is 0 Å². The lowest BCUT2D eigenvalue weighted by Gasteiger charge is -2.05. The summed E-state index contributed by atoms with van der Waals surface area (Å²) in [5.41, 5.74) is 2.06. The summed E-state index contributed by atoms with van der Waals surface area (Å²) >= 11 is 0. The second-order valence-electron chi connectivity index (χ2n) is 4.90. The van der Waals surface area contributed by atoms with Crippen LogP contribution in [0, 0.1) is 13.8 Å². The third-order valence-electron chi connectivity index (χ3n) is 3.31. The zero-order valence-corrected chi connectivity index (χ0v) is 12.4. The molecule has 2 heterocycles. The fourth-order valence-corrected chi connectivity index (χ4v) is 2.12. The molecule has 7 nitrogen and oxygen atoms in total. The van der Waals surface area contributed by atoms with Crippen LogP contribution in [0.15, 0.2) is 22.9 Å². The summed E-state index contributed by atoms with van der Waals surface area (Å²) < 4.78 is 5.08. The number of nitrogens with one attached hydrogen (secondary N) is 1. The van der Waals surface area contributed by atoms with Crippen LogP contribution in [0.4, 0.5) is 0 Å². The number of nitrogens with zero attached hydrogens (tertiary/aromatic N) is 2. The Kier molecular flexibility index (Phi) is 4.88. The minimum atomic E-state index is -1.16. The van der Waals surface area contributed by atoms with Crippen LogP contribution >= 0.6 is 0 Å². The van der Waals surface area contributed by atoms with Crippen LogP contribution < -0.4 is 5.32 Å². The van der Waals surface area contributed by atoms with Gasteiger partial charge in [0.05, 0.1) is 5.69 Å². The first-order chi connectivity index (χ1) is 10.5. The maximum atomic E-state index is 12.0. The molecular formula is C15H17N3O4. The molecule has 0 aliphatic heterocycles. The molecule has 0 aliphatic carbocycles. The van der Waals surface area contributed by atoms with Crippen molar-refractivity contribution in [2.24, 2.45) is 0 Å². The monoisotopic (exact) mass is 303 g/mol. The topological polar surface area (TPSA) is 105 Å². The van der Waals surface area contributed by atoms with E-state index in [1.54, 1.807) is 0 Å². The number of carbonyl (C=O) groups excluding carboxylic acids is 1. The van der Waals surface area contributed by atoms with Crippen molar-refractivity contribution in [3.8, 4) is 0 Å². The summed E-state index contributed by atoms with van der Waals surface area (Å²) in [5.74, 6) is -0.680. The second kappa shape index (κ2) is 6.84. The van der Waals surface area contributed by atoms with Gasteiger partial charge in [-0.1, -0.05) is 5.16 Å². The van der Waals surface area contributed by atoms with E-state index in [9.17, 15) is 9.59 Å². The Morgan fingerprint density at radius 1 is 1.36 bits per heavy atom. The number of amides is 1. The highest BCUT2D eigenvalue weighted by Gasteiger charge is 2.11. The van der Waals surface area contributed by atoms with Gasteiger partial charge in [-0.25, -0.2) is 9.78 Å². The van der Waals surface area contributed by atoms with Gasteiger partial charge in [0.2, 0.25) is 0 Å². The molecule has 2 rings (SSSR count). The normalized spacial score (nSPS) is 10.5. The molecule has 0 spiro atoms. The van der Waals surface area contributed by atoms with E-state index in [-0.39, 0.29) is 17.2 Å². The smallest absolute Gasteiger partial charge is 0.354 e. The maximum Gasteiger partial charge on any atom is 0.354 e. The molecule has 2 aromatic rings. The maximum absolute atomic E-state index is 12.0. The summed E-state index contributed by atoms with van der Waals surface area (Å²) in [6, 6.07) is 2.74. The number of rotatable bonds is 6. The molecule has 0 bridgehead atoms. The number of carbonyl (C=O) groups is 2. The molecule has 116 valence electrons. The van der Waals surface area contributed by atoms with Gasteiger partial charge in [-0.3, -0.25) is 4.79 Å². The third-order valence-corrected chi connectivity index (χ3v) is 3.31. The molecule has 0 unspecified atom stereocenters. The van der Waals surface area contributed by atoms with E-state index < -0.39 is 5.97 Å². The minimum Gasteiger partial charge on any atom is -0.477 e. The van der Waals surface area contributed by atoms with Gasteiger partial charge in [-0.2, -0.15) is 0 Å². The quantitative estimate of drug-likeness (QED) is 0.788. The van der Waals surface area contributed by atoms with E-state index in [0.29, 0.717) is 6.54 Å². The molecular weight excluding hydrogens is 286 g/mol. The largest absolute Gasteiger partial charge is 0.477 e. The lowest BCUT2D eigenvalue weighted by atomic mass is 10.1. The van der Waals surface area contributed by atoms with Crippen LogP contribution in [0.3, 0.4) is 0 Å². The van der Waals surface area contributed by atoms with E-state index in [2.05, 4.69) is 15.5 Å². The average Bonchev–Trinajstić information content (AvgIpc) is 2.82. The Labute approximate surface area is 127 Å². The summed E-state index contributed by atoms with van der Waals surface area (Å²) in [4.78, 5) is 26.4. The number of hydrogen-bond donors (Lipinski definition) is 2. The highest BCUT2D eigenvalue weighted by Crippen LogP contribution is 2.13. The van der Waals surface area contributed by atoms with E-state index >= 15 is 0 Å². The van der Waals surface area contributed by atoms with Crippen LogP contribution in [-0.4, -0.2) is 33.7 Å². The first kappa shape index (κ1) is 15.7. The number of aryl methyl sites for hydroxylation is 2. The van der Waals surface area contributed by atoms with Crippen LogP contribution in [0.2, 0.25) is 0 Å². The van der Waals surface area contributed by atoms with Crippen LogP contribution in [0.1, 0.15) is 44.3 Å². The first-order valence-corrected chi connectivity index (χ1v) is 6.88. The zero-order valence-electron chi connectivity index (χ0n) is 12.4. The lowest BCUT2D eigenvalue weighted by molar-refractivity contribution is 0.0690. The molecule has 2 N–H and O–H groups in total. The lowest BCUT2D eigenvalue weighted by Crippen LogP contribution is -2.25. The van der Waals surface area contributed by atoms with Gasteiger partial charge >= 0.3 is 5.97 Å². The molecule has 1 amide bonds. The van der Waals surface area contributed by atoms with Crippen LogP contribution in [0.5, 0.6) is 0 Å². The van der Waals surface area contributed by atoms with Crippen molar-refractivity contribution in [3.63, 3.8) is 0 Å². The van der Waals surface area contributed by atoms with E-state index in [1.807, 2.05) is 13.8 Å². The number of carboxylic acids is 1. The van der Waals surface area contributed by atoms with Crippen molar-refractivity contribution >= 4 is 11.9 Å². The van der Waals surface area contributed by atoms with Crippen LogP contribution in [-0.2, 0) is 6.42 Å². The number of aromatic nitrogens is 2. The molecule has 22 heavy (non-hydrogen) atoms. The van der Waals surface area contributed by atoms with Gasteiger partial charge < -0.3 is 14.9 Å². The summed E-state index contributed by atoms with van der Waals surface area (Å²) in [6.45, 7) is 4.22. The molecule has 0 saturated heterocycles. The van der Waals surface area contributed by atoms with Gasteiger partial charge in [-0.15, -0.1) is 0 Å². The molecule has 7 heteroatoms. The highest BCUT2D eigenvalue weighted by atomic mass is 16.5. The fourth-order valence-electron chi connectivity index (χ4n) is 2.12. The van der Waals surface area contributed by atoms with Crippen molar-refractivity contribution in [2.75, 3.05) is 6.54 Å². The zero-order chi connectivity index (χ0) is 16.1. The molecule has 0 radical (unpaired) electrons. The van der Waals surface area contributed by atoms with Gasteiger partial charge in [0.1, 0.15) is 11.5 Å². The van der Waals surface area contributed by atoms with Crippen molar-refractivity contribution in [2.45, 2.75) is 26.7 Å². The first-order valence-electron chi connectivity index (χ1n) is 6.88. The number of carboxylic acid groups (broad SMARTS) is 1. The average molecular weight is 303 g/mol. The predicted molar refractivity (Wildman–Crippen MR) is 77.8 cm³/mol. The number of aromatic carboxylic acids is 1. The molecule has 0 fully saturated rings. The van der Waals surface area contributed by atoms with Gasteiger partial charge in [0.25, 0.3) is 5.91 Å². The number of pyridine rings is 1. The molecule has 0 atom stereocenters. The van der Waals surface area contributed by atoms with Gasteiger partial charge in [0, 0.05) is 23.9 Å². The Morgan fingerprint density at radius 2 is 2.14 bits per heavy atom. The van der Waals surface area contributed by atoms with E-state index in [4.69, 9.17) is 9.63 Å². The van der Waals surface area contributed by atoms with Crippen molar-refractivity contribution in [3.05, 3.63) is 46.6 Å². The predicted octanol–water partition coefficient (Wildman–Crippen LogP) is 1.75. The van der Waals surface area contributed by atoms with Crippen molar-refractivity contribution in [1.82, 2.24) is 15.5 Å². The van der Waals surface area contributed by atoms with E-state index in [0.717, 1.165) is 29.9 Å². The SMILES string of the molecule is Cc1noc(C)c1CCCNC(=O)c1ccnc(C(=O)O)c1. The molecule has 0 aromatic carbocycles. The van der Waals surface area contributed by atoms with Gasteiger partial charge in [0.15, 0.2) is 0 Å². The Morgan fingerprint density at radius 3 is 2.77 bits per heavy atom. The standard InChI is InChI=1S/C15H17N3O4/c1-9-12(10(2)22-18-9)4-3-6-17-14(19)11-5-7-16-13(8-11)15(20)21/h5,7-8H,3-4,6H2,1-2H3,(H,17,19)(H,20,21). The number of hydrogen-bond acceptors (Lipinski definition) is 5. The van der Waals surface area contributed by atoms with E-state index in [1.165, 1.54) is 18.3 Å². The summed E-state index contributed by atoms with van der Waals surface area (Å²) in [7, 11) is 0. The third kappa shape index (κ3) is 3.69. The molecule has 0 saturated carbocycles. The highest BCUT2D eigenvalue weighted by molar-refractivity contribution is 5.96. The molecule has 0 aliphatic rings. The second-order valence-corrected chi connectivity index (χ2v) is 4.90. The molecule has 2 aromatic heterocycles. The summed E-state index contributed by atoms with van der Waals surface area (Å²) in [5, 5.41) is 15.5. The Hall–Kier alpha value is -2.70. The fraction of sp³-hybridized carbons (Fsp3) is 0.333. The summed E-state index contributed by atoms with van der Waals surface area (Å²) in [6.07, 6.45) is 2.81. The Bertz CT molecular complexity index is 674. The van der Waals surface area contributed by atoms with Crippen molar-refractivity contribution in [1.29, 1.82) is 0 Å². The van der Waals surface area contributed by atoms with Gasteiger partial charge in [-0.05, 0) is 38.8 Å². The van der Waals surface area contributed by atoms with Crippen molar-refractivity contribution < 1.29 is 19.2 Å². The minimum absolute atomic E-state index is 0.150.